The number of nitrogens with one attached hydrogen (secondary N) is 2. The first kappa shape index (κ1) is 15.5. The molecule has 6 heteroatoms. The van der Waals surface area contributed by atoms with Crippen LogP contribution in [0.5, 0.6) is 0 Å². The maximum Gasteiger partial charge on any atom is 0.303 e. The van der Waals surface area contributed by atoms with Crippen LogP contribution in [0.15, 0.2) is 0 Å². The summed E-state index contributed by atoms with van der Waals surface area (Å²) >= 11 is 0. The Morgan fingerprint density at radius 3 is 2.21 bits per heavy atom. The van der Waals surface area contributed by atoms with Gasteiger partial charge in [0.1, 0.15) is 0 Å². The Labute approximate surface area is 112 Å². The van der Waals surface area contributed by atoms with Crippen molar-refractivity contribution in [3.8, 4) is 0 Å². The highest BCUT2D eigenvalue weighted by Crippen LogP contribution is 2.43. The largest absolute Gasteiger partial charge is 0.481 e. The highest BCUT2D eigenvalue weighted by atomic mass is 16.4. The third kappa shape index (κ3) is 5.28. The Morgan fingerprint density at radius 2 is 1.68 bits per heavy atom. The van der Waals surface area contributed by atoms with Crippen LogP contribution >= 0.6 is 0 Å². The van der Waals surface area contributed by atoms with Crippen molar-refractivity contribution in [3.05, 3.63) is 0 Å². The second kappa shape index (κ2) is 7.11. The Hall–Kier alpha value is -1.59. The lowest BCUT2D eigenvalue weighted by atomic mass is 9.79. The molecule has 0 saturated heterocycles. The number of carboxylic acid groups (broad SMARTS) is 1. The van der Waals surface area contributed by atoms with Gasteiger partial charge in [-0.05, 0) is 25.2 Å². The molecule has 1 fully saturated rings. The van der Waals surface area contributed by atoms with Gasteiger partial charge in [-0.15, -0.1) is 0 Å². The lowest BCUT2D eigenvalue weighted by molar-refractivity contribution is -0.140. The summed E-state index contributed by atoms with van der Waals surface area (Å²) in [7, 11) is 0. The van der Waals surface area contributed by atoms with Gasteiger partial charge in [0.15, 0.2) is 0 Å². The van der Waals surface area contributed by atoms with Gasteiger partial charge in [-0.2, -0.15) is 0 Å². The lowest BCUT2D eigenvalue weighted by Gasteiger charge is -2.26. The van der Waals surface area contributed by atoms with E-state index < -0.39 is 11.4 Å². The third-order valence-electron chi connectivity index (χ3n) is 3.55. The SMILES string of the molecule is CCNC(=O)CNC(=O)CC1(CC(=O)O)CCCC1. The van der Waals surface area contributed by atoms with Crippen molar-refractivity contribution < 1.29 is 19.5 Å². The first-order valence-electron chi connectivity index (χ1n) is 6.73. The molecule has 108 valence electrons. The van der Waals surface area contributed by atoms with Crippen LogP contribution < -0.4 is 10.6 Å². The van der Waals surface area contributed by atoms with E-state index in [1.54, 1.807) is 6.92 Å². The number of carbonyl (C=O) groups is 3. The quantitative estimate of drug-likeness (QED) is 0.633. The molecule has 0 bridgehead atoms. The van der Waals surface area contributed by atoms with E-state index in [-0.39, 0.29) is 31.2 Å². The fourth-order valence-corrected chi connectivity index (χ4v) is 2.70. The molecule has 1 rings (SSSR count). The number of amides is 2. The summed E-state index contributed by atoms with van der Waals surface area (Å²) in [6.45, 7) is 2.29. The van der Waals surface area contributed by atoms with E-state index in [1.165, 1.54) is 0 Å². The molecule has 1 aliphatic rings. The minimum atomic E-state index is -0.863. The molecule has 1 aliphatic carbocycles. The van der Waals surface area contributed by atoms with E-state index in [0.717, 1.165) is 25.7 Å². The fraction of sp³-hybridized carbons (Fsp3) is 0.769. The molecule has 0 spiro atoms. The van der Waals surface area contributed by atoms with Gasteiger partial charge in [-0.25, -0.2) is 0 Å². The maximum absolute atomic E-state index is 11.8. The summed E-state index contributed by atoms with van der Waals surface area (Å²) in [5, 5.41) is 14.1. The molecular weight excluding hydrogens is 248 g/mol. The van der Waals surface area contributed by atoms with Crippen molar-refractivity contribution in [2.75, 3.05) is 13.1 Å². The topological polar surface area (TPSA) is 95.5 Å². The Morgan fingerprint density at radius 1 is 1.05 bits per heavy atom. The number of carboxylic acids is 1. The zero-order valence-corrected chi connectivity index (χ0v) is 11.3. The van der Waals surface area contributed by atoms with E-state index in [0.29, 0.717) is 6.54 Å². The Balaban J connectivity index is 2.44. The lowest BCUT2D eigenvalue weighted by Crippen LogP contribution is -2.39. The average molecular weight is 270 g/mol. The molecule has 3 N–H and O–H groups in total. The van der Waals surface area contributed by atoms with Crippen molar-refractivity contribution >= 4 is 17.8 Å². The van der Waals surface area contributed by atoms with E-state index in [2.05, 4.69) is 10.6 Å². The number of likely N-dealkylation sites (N-methyl/N-ethyl adjacent to an activating group) is 1. The van der Waals surface area contributed by atoms with Crippen LogP contribution in [0.4, 0.5) is 0 Å². The van der Waals surface area contributed by atoms with E-state index >= 15 is 0 Å². The zero-order chi connectivity index (χ0) is 14.3. The van der Waals surface area contributed by atoms with Crippen LogP contribution in [0.1, 0.15) is 45.4 Å². The molecule has 19 heavy (non-hydrogen) atoms. The monoisotopic (exact) mass is 270 g/mol. The molecule has 1 saturated carbocycles. The van der Waals surface area contributed by atoms with Gasteiger partial charge < -0.3 is 15.7 Å². The van der Waals surface area contributed by atoms with Gasteiger partial charge in [0, 0.05) is 13.0 Å². The average Bonchev–Trinajstić information content (AvgIpc) is 2.74. The molecule has 0 unspecified atom stereocenters. The third-order valence-corrected chi connectivity index (χ3v) is 3.55. The Bertz CT molecular complexity index is 349. The summed E-state index contributed by atoms with van der Waals surface area (Å²) in [6.07, 6.45) is 3.70. The number of hydrogen-bond acceptors (Lipinski definition) is 3. The molecule has 0 heterocycles. The van der Waals surface area contributed by atoms with E-state index in [4.69, 9.17) is 5.11 Å². The second-order valence-electron chi connectivity index (χ2n) is 5.18. The molecule has 0 aromatic carbocycles. The van der Waals surface area contributed by atoms with Gasteiger partial charge in [-0.3, -0.25) is 14.4 Å². The smallest absolute Gasteiger partial charge is 0.303 e. The standard InChI is InChI=1S/C13H22N2O4/c1-2-14-11(17)9-15-10(16)7-13(8-12(18)19)5-3-4-6-13/h2-9H2,1H3,(H,14,17)(H,15,16)(H,18,19). The van der Waals surface area contributed by atoms with Crippen molar-refractivity contribution in [3.63, 3.8) is 0 Å². The van der Waals surface area contributed by atoms with Crippen molar-refractivity contribution in [1.82, 2.24) is 10.6 Å². The maximum atomic E-state index is 11.8. The van der Waals surface area contributed by atoms with Crippen LogP contribution in [0.2, 0.25) is 0 Å². The minimum Gasteiger partial charge on any atom is -0.481 e. The van der Waals surface area contributed by atoms with Crippen LogP contribution in [0, 0.1) is 5.41 Å². The highest BCUT2D eigenvalue weighted by Gasteiger charge is 2.37. The summed E-state index contributed by atoms with van der Waals surface area (Å²) in [6, 6.07) is 0. The van der Waals surface area contributed by atoms with Crippen molar-refractivity contribution in [1.29, 1.82) is 0 Å². The molecule has 0 atom stereocenters. The van der Waals surface area contributed by atoms with Crippen molar-refractivity contribution in [2.45, 2.75) is 45.4 Å². The van der Waals surface area contributed by atoms with E-state index in [1.807, 2.05) is 0 Å². The van der Waals surface area contributed by atoms with Crippen LogP contribution in [0.25, 0.3) is 0 Å². The first-order chi connectivity index (χ1) is 8.97. The Kier molecular flexibility index (Phi) is 5.79. The van der Waals surface area contributed by atoms with Crippen molar-refractivity contribution in [2.24, 2.45) is 5.41 Å². The summed E-state index contributed by atoms with van der Waals surface area (Å²) in [5.41, 5.74) is -0.419. The molecule has 2 amide bonds. The minimum absolute atomic E-state index is 0.0293. The predicted molar refractivity (Wildman–Crippen MR) is 69.5 cm³/mol. The summed E-state index contributed by atoms with van der Waals surface area (Å²) in [4.78, 5) is 33.9. The van der Waals surface area contributed by atoms with Gasteiger partial charge in [-0.1, -0.05) is 12.8 Å². The summed E-state index contributed by atoms with van der Waals surface area (Å²) < 4.78 is 0. The second-order valence-corrected chi connectivity index (χ2v) is 5.18. The van der Waals surface area contributed by atoms with Gasteiger partial charge >= 0.3 is 5.97 Å². The number of aliphatic carboxylic acids is 1. The van der Waals surface area contributed by atoms with Gasteiger partial charge in [0.25, 0.3) is 0 Å². The number of carbonyl (C=O) groups excluding carboxylic acids is 2. The molecule has 6 nitrogen and oxygen atoms in total. The molecule has 0 radical (unpaired) electrons. The van der Waals surface area contributed by atoms with E-state index in [9.17, 15) is 14.4 Å². The van der Waals surface area contributed by atoms with Gasteiger partial charge in [0.05, 0.1) is 13.0 Å². The normalized spacial score (nSPS) is 16.9. The zero-order valence-electron chi connectivity index (χ0n) is 11.3. The summed E-state index contributed by atoms with van der Waals surface area (Å²) in [5.74, 6) is -1.33. The van der Waals surface area contributed by atoms with Crippen LogP contribution in [-0.4, -0.2) is 36.0 Å². The molecule has 0 aromatic heterocycles. The molecule has 0 aromatic rings. The fourth-order valence-electron chi connectivity index (χ4n) is 2.70. The first-order valence-corrected chi connectivity index (χ1v) is 6.73. The molecule has 0 aliphatic heterocycles. The van der Waals surface area contributed by atoms with Crippen LogP contribution in [0.3, 0.4) is 0 Å². The van der Waals surface area contributed by atoms with Gasteiger partial charge in [0.2, 0.25) is 11.8 Å². The highest BCUT2D eigenvalue weighted by molar-refractivity contribution is 5.85. The predicted octanol–water partition coefficient (Wildman–Crippen LogP) is 0.664. The van der Waals surface area contributed by atoms with Crippen LogP contribution in [-0.2, 0) is 14.4 Å². The number of rotatable bonds is 7. The molecular formula is C13H22N2O4. The number of hydrogen-bond donors (Lipinski definition) is 3.